The lowest BCUT2D eigenvalue weighted by molar-refractivity contribution is 0.107. The van der Waals surface area contributed by atoms with Crippen LogP contribution in [0, 0.1) is 0 Å². The molecule has 0 aliphatic carbocycles. The standard InChI is InChI=1S/C19H25N5O2/c25-19(20-12-16-9-5-11-26-16)24-10-4-8-15(13-24)18-21-17(22-23-18)14-6-2-1-3-7-14/h1-3,6-7,15-16H,4-5,8-13H2,(H,20,25)(H,21,22,23)/t15-,16-/m1/s1. The second kappa shape index (κ2) is 7.86. The maximum Gasteiger partial charge on any atom is 0.317 e. The maximum absolute atomic E-state index is 12.5. The van der Waals surface area contributed by atoms with Crippen LogP contribution in [0.1, 0.15) is 37.4 Å². The first-order valence-corrected chi connectivity index (χ1v) is 9.41. The largest absolute Gasteiger partial charge is 0.376 e. The first-order chi connectivity index (χ1) is 12.8. The van der Waals surface area contributed by atoms with E-state index in [4.69, 9.17) is 4.74 Å². The first kappa shape index (κ1) is 17.0. The number of urea groups is 1. The Morgan fingerprint density at radius 2 is 2.15 bits per heavy atom. The Kier molecular flexibility index (Phi) is 5.15. The lowest BCUT2D eigenvalue weighted by Crippen LogP contribution is -2.46. The van der Waals surface area contributed by atoms with Gasteiger partial charge in [0.25, 0.3) is 0 Å². The molecule has 26 heavy (non-hydrogen) atoms. The van der Waals surface area contributed by atoms with Gasteiger partial charge in [-0.25, -0.2) is 9.78 Å². The van der Waals surface area contributed by atoms with Crippen molar-refractivity contribution in [3.8, 4) is 11.4 Å². The Hall–Kier alpha value is -2.41. The summed E-state index contributed by atoms with van der Waals surface area (Å²) in [6.07, 6.45) is 4.27. The van der Waals surface area contributed by atoms with E-state index >= 15 is 0 Å². The second-order valence-corrected chi connectivity index (χ2v) is 7.02. The average molecular weight is 355 g/mol. The molecule has 7 heteroatoms. The molecule has 138 valence electrons. The fourth-order valence-electron chi connectivity index (χ4n) is 3.68. The smallest absolute Gasteiger partial charge is 0.317 e. The van der Waals surface area contributed by atoms with Gasteiger partial charge < -0.3 is 15.0 Å². The molecule has 0 bridgehead atoms. The molecule has 0 radical (unpaired) electrons. The van der Waals surface area contributed by atoms with Crippen molar-refractivity contribution < 1.29 is 9.53 Å². The number of likely N-dealkylation sites (tertiary alicyclic amines) is 1. The molecule has 7 nitrogen and oxygen atoms in total. The van der Waals surface area contributed by atoms with Crippen molar-refractivity contribution in [3.05, 3.63) is 36.2 Å². The van der Waals surface area contributed by atoms with Crippen molar-refractivity contribution in [2.75, 3.05) is 26.2 Å². The van der Waals surface area contributed by atoms with Gasteiger partial charge in [-0.1, -0.05) is 30.3 Å². The van der Waals surface area contributed by atoms with Gasteiger partial charge in [-0.2, -0.15) is 5.10 Å². The molecule has 1 aromatic heterocycles. The van der Waals surface area contributed by atoms with Crippen molar-refractivity contribution in [3.63, 3.8) is 0 Å². The highest BCUT2D eigenvalue weighted by Crippen LogP contribution is 2.26. The molecule has 0 spiro atoms. The summed E-state index contributed by atoms with van der Waals surface area (Å²) in [4.78, 5) is 19.0. The third-order valence-corrected chi connectivity index (χ3v) is 5.13. The minimum absolute atomic E-state index is 0.00648. The van der Waals surface area contributed by atoms with E-state index in [0.717, 1.165) is 50.2 Å². The first-order valence-electron chi connectivity index (χ1n) is 9.41. The summed E-state index contributed by atoms with van der Waals surface area (Å²) in [6, 6.07) is 9.92. The number of nitrogens with one attached hydrogen (secondary N) is 2. The minimum atomic E-state index is -0.00648. The van der Waals surface area contributed by atoms with Gasteiger partial charge in [-0.05, 0) is 25.7 Å². The third kappa shape index (κ3) is 3.88. The maximum atomic E-state index is 12.5. The lowest BCUT2D eigenvalue weighted by atomic mass is 9.97. The van der Waals surface area contributed by atoms with Gasteiger partial charge >= 0.3 is 6.03 Å². The van der Waals surface area contributed by atoms with E-state index < -0.39 is 0 Å². The lowest BCUT2D eigenvalue weighted by Gasteiger charge is -2.32. The topological polar surface area (TPSA) is 83.1 Å². The van der Waals surface area contributed by atoms with Crippen LogP contribution in [0.25, 0.3) is 11.4 Å². The molecule has 2 amide bonds. The Bertz CT molecular complexity index is 727. The molecule has 2 N–H and O–H groups in total. The van der Waals surface area contributed by atoms with Crippen LogP contribution < -0.4 is 5.32 Å². The molecular formula is C19H25N5O2. The van der Waals surface area contributed by atoms with E-state index in [2.05, 4.69) is 20.5 Å². The van der Waals surface area contributed by atoms with Gasteiger partial charge in [-0.15, -0.1) is 0 Å². The van der Waals surface area contributed by atoms with E-state index in [9.17, 15) is 4.79 Å². The third-order valence-electron chi connectivity index (χ3n) is 5.13. The van der Waals surface area contributed by atoms with Crippen molar-refractivity contribution in [1.82, 2.24) is 25.4 Å². The number of aromatic amines is 1. The zero-order valence-corrected chi connectivity index (χ0v) is 14.9. The van der Waals surface area contributed by atoms with E-state index in [-0.39, 0.29) is 18.1 Å². The number of nitrogens with zero attached hydrogens (tertiary/aromatic N) is 3. The van der Waals surface area contributed by atoms with Crippen LogP contribution in [-0.2, 0) is 4.74 Å². The van der Waals surface area contributed by atoms with Crippen LogP contribution in [-0.4, -0.2) is 58.5 Å². The molecule has 2 aliphatic heterocycles. The Morgan fingerprint density at radius 3 is 2.96 bits per heavy atom. The molecule has 0 unspecified atom stereocenters. The predicted octanol–water partition coefficient (Wildman–Crippen LogP) is 2.54. The van der Waals surface area contributed by atoms with E-state index in [0.29, 0.717) is 18.9 Å². The van der Waals surface area contributed by atoms with Gasteiger partial charge in [0.1, 0.15) is 5.82 Å². The normalized spacial score (nSPS) is 23.2. The summed E-state index contributed by atoms with van der Waals surface area (Å²) in [5.41, 5.74) is 0.997. The predicted molar refractivity (Wildman–Crippen MR) is 97.7 cm³/mol. The van der Waals surface area contributed by atoms with Crippen LogP contribution in [0.5, 0.6) is 0 Å². The number of piperidine rings is 1. The fourth-order valence-corrected chi connectivity index (χ4v) is 3.68. The van der Waals surface area contributed by atoms with Gasteiger partial charge in [0, 0.05) is 37.7 Å². The summed E-state index contributed by atoms with van der Waals surface area (Å²) >= 11 is 0. The van der Waals surface area contributed by atoms with Crippen molar-refractivity contribution in [1.29, 1.82) is 0 Å². The van der Waals surface area contributed by atoms with Gasteiger partial charge in [0.15, 0.2) is 5.82 Å². The molecule has 2 aromatic rings. The summed E-state index contributed by atoms with van der Waals surface area (Å²) in [5, 5.41) is 10.4. The highest BCUT2D eigenvalue weighted by molar-refractivity contribution is 5.74. The minimum Gasteiger partial charge on any atom is -0.376 e. The number of H-pyrrole nitrogens is 1. The number of rotatable bonds is 4. The number of ether oxygens (including phenoxy) is 1. The van der Waals surface area contributed by atoms with Crippen LogP contribution in [0.15, 0.2) is 30.3 Å². The molecule has 4 rings (SSSR count). The number of hydrogen-bond donors (Lipinski definition) is 2. The molecule has 3 heterocycles. The van der Waals surface area contributed by atoms with Crippen molar-refractivity contribution >= 4 is 6.03 Å². The van der Waals surface area contributed by atoms with Crippen LogP contribution in [0.3, 0.4) is 0 Å². The van der Waals surface area contributed by atoms with Crippen molar-refractivity contribution in [2.24, 2.45) is 0 Å². The Balaban J connectivity index is 1.36. The zero-order valence-electron chi connectivity index (χ0n) is 14.9. The van der Waals surface area contributed by atoms with E-state index in [1.54, 1.807) is 0 Å². The van der Waals surface area contributed by atoms with Crippen molar-refractivity contribution in [2.45, 2.75) is 37.7 Å². The zero-order chi connectivity index (χ0) is 17.8. The van der Waals surface area contributed by atoms with Crippen LogP contribution in [0.2, 0.25) is 0 Å². The monoisotopic (exact) mass is 355 g/mol. The fraction of sp³-hybridized carbons (Fsp3) is 0.526. The SMILES string of the molecule is O=C(NC[C@H]1CCCO1)N1CCC[C@@H](c2nc(-c3ccccc3)n[nH]2)C1. The summed E-state index contributed by atoms with van der Waals surface area (Å²) in [5.74, 6) is 1.77. The number of amides is 2. The average Bonchev–Trinajstić information content (AvgIpc) is 3.39. The number of aromatic nitrogens is 3. The number of benzene rings is 1. The molecule has 2 atom stereocenters. The number of carbonyl (C=O) groups excluding carboxylic acids is 1. The molecular weight excluding hydrogens is 330 g/mol. The van der Waals surface area contributed by atoms with Crippen LogP contribution in [0.4, 0.5) is 4.79 Å². The Morgan fingerprint density at radius 1 is 1.27 bits per heavy atom. The number of carbonyl (C=O) groups is 1. The highest BCUT2D eigenvalue weighted by Gasteiger charge is 2.27. The molecule has 2 aliphatic rings. The summed E-state index contributed by atoms with van der Waals surface area (Å²) in [7, 11) is 0. The number of hydrogen-bond acceptors (Lipinski definition) is 4. The Labute approximate surface area is 153 Å². The van der Waals surface area contributed by atoms with Gasteiger partial charge in [0.2, 0.25) is 0 Å². The van der Waals surface area contributed by atoms with E-state index in [1.807, 2.05) is 35.2 Å². The van der Waals surface area contributed by atoms with E-state index in [1.165, 1.54) is 0 Å². The highest BCUT2D eigenvalue weighted by atomic mass is 16.5. The molecule has 2 fully saturated rings. The van der Waals surface area contributed by atoms with Gasteiger partial charge in [0.05, 0.1) is 6.10 Å². The summed E-state index contributed by atoms with van der Waals surface area (Å²) in [6.45, 7) is 2.86. The van der Waals surface area contributed by atoms with Gasteiger partial charge in [-0.3, -0.25) is 5.10 Å². The summed E-state index contributed by atoms with van der Waals surface area (Å²) < 4.78 is 5.57. The molecule has 0 saturated carbocycles. The molecule has 1 aromatic carbocycles. The van der Waals surface area contributed by atoms with Crippen LogP contribution >= 0.6 is 0 Å². The molecule has 2 saturated heterocycles. The second-order valence-electron chi connectivity index (χ2n) is 7.02. The quantitative estimate of drug-likeness (QED) is 0.883.